The molecule has 0 bridgehead atoms. The zero-order valence-corrected chi connectivity index (χ0v) is 15.5. The minimum Gasteiger partial charge on any atom is -0.376 e. The highest BCUT2D eigenvalue weighted by molar-refractivity contribution is 6.24. The fraction of sp³-hybridized carbons (Fsp3) is 0.579. The second-order valence-corrected chi connectivity index (χ2v) is 8.03. The number of rotatable bonds is 3. The van der Waals surface area contributed by atoms with Crippen LogP contribution in [0.25, 0.3) is 5.69 Å². The number of aromatic nitrogens is 3. The van der Waals surface area contributed by atoms with Gasteiger partial charge in [0, 0.05) is 5.56 Å². The van der Waals surface area contributed by atoms with Crippen LogP contribution >= 0.6 is 11.6 Å². The maximum absolute atomic E-state index is 7.04. The molecule has 0 N–H and O–H groups in total. The van der Waals surface area contributed by atoms with Gasteiger partial charge in [0.1, 0.15) is 12.9 Å². The van der Waals surface area contributed by atoms with E-state index in [0.29, 0.717) is 19.3 Å². The number of nitrogens with zero attached hydrogens (tertiary/aromatic N) is 3. The van der Waals surface area contributed by atoms with Gasteiger partial charge in [-0.3, -0.25) is 4.57 Å². The van der Waals surface area contributed by atoms with Crippen LogP contribution in [0.5, 0.6) is 0 Å². The summed E-state index contributed by atoms with van der Waals surface area (Å²) >= 11 is 7.04. The molecule has 134 valence electrons. The molecule has 2 aromatic rings. The summed E-state index contributed by atoms with van der Waals surface area (Å²) in [5.74, 6) is 0.832. The third-order valence-electron chi connectivity index (χ3n) is 5.15. The van der Waals surface area contributed by atoms with E-state index < -0.39 is 0 Å². The molecule has 2 heterocycles. The maximum Gasteiger partial charge on any atom is 0.163 e. The van der Waals surface area contributed by atoms with E-state index in [9.17, 15) is 0 Å². The normalized spacial score (nSPS) is 26.2. The van der Waals surface area contributed by atoms with E-state index in [4.69, 9.17) is 21.1 Å². The Morgan fingerprint density at radius 1 is 1.28 bits per heavy atom. The van der Waals surface area contributed by atoms with Gasteiger partial charge in [0.15, 0.2) is 5.82 Å². The van der Waals surface area contributed by atoms with Crippen LogP contribution in [0.1, 0.15) is 56.5 Å². The van der Waals surface area contributed by atoms with Gasteiger partial charge in [0.25, 0.3) is 0 Å². The van der Waals surface area contributed by atoms with Crippen LogP contribution in [0.4, 0.5) is 0 Å². The van der Waals surface area contributed by atoms with Gasteiger partial charge in [-0.15, -0.1) is 21.8 Å². The van der Waals surface area contributed by atoms with E-state index in [0.717, 1.165) is 42.8 Å². The van der Waals surface area contributed by atoms with Gasteiger partial charge in [-0.1, -0.05) is 6.07 Å². The van der Waals surface area contributed by atoms with E-state index >= 15 is 0 Å². The van der Waals surface area contributed by atoms with E-state index in [-0.39, 0.29) is 11.0 Å². The SMILES string of the molecule is CC(C)OC1CCC(Cl)(c2ccc3c(c2)COCc2nncn2-3)CC1. The predicted octanol–water partition coefficient (Wildman–Crippen LogP) is 4.10. The predicted molar refractivity (Wildman–Crippen MR) is 95.9 cm³/mol. The summed E-state index contributed by atoms with van der Waals surface area (Å²) in [6.45, 7) is 5.23. The average molecular weight is 362 g/mol. The molecule has 4 rings (SSSR count). The summed E-state index contributed by atoms with van der Waals surface area (Å²) in [5.41, 5.74) is 3.39. The minimum atomic E-state index is -0.311. The Bertz CT molecular complexity index is 751. The summed E-state index contributed by atoms with van der Waals surface area (Å²) in [4.78, 5) is -0.311. The summed E-state index contributed by atoms with van der Waals surface area (Å²) in [5, 5.41) is 8.12. The molecule has 5 nitrogen and oxygen atoms in total. The maximum atomic E-state index is 7.04. The van der Waals surface area contributed by atoms with Crippen LogP contribution in [0.3, 0.4) is 0 Å². The lowest BCUT2D eigenvalue weighted by Gasteiger charge is -2.36. The first-order valence-corrected chi connectivity index (χ1v) is 9.38. The number of ether oxygens (including phenoxy) is 2. The van der Waals surface area contributed by atoms with Gasteiger partial charge in [-0.05, 0) is 57.2 Å². The summed E-state index contributed by atoms with van der Waals surface area (Å²) < 4.78 is 13.7. The lowest BCUT2D eigenvalue weighted by atomic mass is 9.81. The van der Waals surface area contributed by atoms with Gasteiger partial charge < -0.3 is 9.47 Å². The van der Waals surface area contributed by atoms with Crippen molar-refractivity contribution in [2.24, 2.45) is 0 Å². The summed E-state index contributed by atoms with van der Waals surface area (Å²) in [6, 6.07) is 6.46. The zero-order chi connectivity index (χ0) is 17.4. The van der Waals surface area contributed by atoms with Crippen molar-refractivity contribution in [2.45, 2.75) is 69.8 Å². The first-order chi connectivity index (χ1) is 12.0. The molecular weight excluding hydrogens is 338 g/mol. The average Bonchev–Trinajstić information content (AvgIpc) is 2.98. The first-order valence-electron chi connectivity index (χ1n) is 9.00. The van der Waals surface area contributed by atoms with E-state index in [1.54, 1.807) is 6.33 Å². The number of alkyl halides is 1. The second kappa shape index (κ2) is 6.71. The molecule has 1 aromatic heterocycles. The largest absolute Gasteiger partial charge is 0.376 e. The van der Waals surface area contributed by atoms with E-state index in [2.05, 4.69) is 42.2 Å². The quantitative estimate of drug-likeness (QED) is 0.772. The van der Waals surface area contributed by atoms with Crippen LogP contribution in [-0.4, -0.2) is 27.0 Å². The highest BCUT2D eigenvalue weighted by Gasteiger charge is 2.36. The summed E-state index contributed by atoms with van der Waals surface area (Å²) in [6.07, 6.45) is 6.22. The number of benzene rings is 1. The molecular formula is C19H24ClN3O2. The second-order valence-electron chi connectivity index (χ2n) is 7.30. The lowest BCUT2D eigenvalue weighted by molar-refractivity contribution is -0.0174. The molecule has 0 saturated heterocycles. The van der Waals surface area contributed by atoms with Gasteiger partial charge in [0.2, 0.25) is 0 Å². The van der Waals surface area contributed by atoms with E-state index in [1.165, 1.54) is 5.56 Å². The van der Waals surface area contributed by atoms with Crippen LogP contribution < -0.4 is 0 Å². The zero-order valence-electron chi connectivity index (χ0n) is 14.7. The van der Waals surface area contributed by atoms with Crippen LogP contribution in [0.2, 0.25) is 0 Å². The van der Waals surface area contributed by atoms with Gasteiger partial charge in [-0.2, -0.15) is 0 Å². The van der Waals surface area contributed by atoms with E-state index in [1.807, 2.05) is 4.57 Å². The minimum absolute atomic E-state index is 0.274. The third kappa shape index (κ3) is 3.33. The monoisotopic (exact) mass is 361 g/mol. The molecule has 1 aromatic carbocycles. The lowest BCUT2D eigenvalue weighted by Crippen LogP contribution is -2.31. The topological polar surface area (TPSA) is 49.2 Å². The van der Waals surface area contributed by atoms with Crippen molar-refractivity contribution in [3.63, 3.8) is 0 Å². The Balaban J connectivity index is 1.58. The highest BCUT2D eigenvalue weighted by atomic mass is 35.5. The van der Waals surface area contributed by atoms with Crippen LogP contribution in [0.15, 0.2) is 24.5 Å². The molecule has 0 amide bonds. The summed E-state index contributed by atoms with van der Waals surface area (Å²) in [7, 11) is 0. The molecule has 0 unspecified atom stereocenters. The van der Waals surface area contributed by atoms with Crippen molar-refractivity contribution in [2.75, 3.05) is 0 Å². The van der Waals surface area contributed by atoms with Crippen LogP contribution in [0, 0.1) is 0 Å². The Labute approximate surface area is 153 Å². The first kappa shape index (κ1) is 17.0. The molecule has 1 fully saturated rings. The number of hydrogen-bond acceptors (Lipinski definition) is 4. The molecule has 1 saturated carbocycles. The third-order valence-corrected chi connectivity index (χ3v) is 5.75. The van der Waals surface area contributed by atoms with Crippen molar-refractivity contribution in [1.82, 2.24) is 14.8 Å². The molecule has 2 aliphatic rings. The van der Waals surface area contributed by atoms with Crippen LogP contribution in [-0.2, 0) is 27.6 Å². The van der Waals surface area contributed by atoms with Crippen molar-refractivity contribution < 1.29 is 9.47 Å². The highest BCUT2D eigenvalue weighted by Crippen LogP contribution is 2.44. The Morgan fingerprint density at radius 2 is 2.08 bits per heavy atom. The standard InChI is InChI=1S/C19H24ClN3O2/c1-13(2)25-16-5-7-19(20,8-6-16)15-3-4-17-14(9-15)10-24-11-18-22-21-12-23(17)18/h3-4,9,12-13,16H,5-8,10-11H2,1-2H3. The molecule has 1 aliphatic carbocycles. The Hall–Kier alpha value is -1.43. The fourth-order valence-corrected chi connectivity index (χ4v) is 4.22. The number of halogens is 1. The molecule has 6 heteroatoms. The Kier molecular flexibility index (Phi) is 4.56. The molecule has 1 aliphatic heterocycles. The Morgan fingerprint density at radius 3 is 2.84 bits per heavy atom. The van der Waals surface area contributed by atoms with Gasteiger partial charge >= 0.3 is 0 Å². The number of fused-ring (bicyclic) bond motifs is 3. The molecule has 0 spiro atoms. The smallest absolute Gasteiger partial charge is 0.163 e. The fourth-order valence-electron chi connectivity index (χ4n) is 3.88. The van der Waals surface area contributed by atoms with Crippen molar-refractivity contribution in [3.05, 3.63) is 41.5 Å². The van der Waals surface area contributed by atoms with Gasteiger partial charge in [-0.25, -0.2) is 0 Å². The van der Waals surface area contributed by atoms with Crippen molar-refractivity contribution in [1.29, 1.82) is 0 Å². The number of hydrogen-bond donors (Lipinski definition) is 0. The van der Waals surface area contributed by atoms with Gasteiger partial charge in [0.05, 0.1) is 29.4 Å². The molecule has 25 heavy (non-hydrogen) atoms. The molecule has 0 radical (unpaired) electrons. The van der Waals surface area contributed by atoms with Crippen molar-refractivity contribution in [3.8, 4) is 5.69 Å². The van der Waals surface area contributed by atoms with Crippen molar-refractivity contribution >= 4 is 11.6 Å². The molecule has 0 atom stereocenters.